The number of hydrogen-bond donors (Lipinski definition) is 0. The highest BCUT2D eigenvalue weighted by atomic mass is 32.2. The van der Waals surface area contributed by atoms with Gasteiger partial charge in [-0.3, -0.25) is 9.69 Å². The lowest BCUT2D eigenvalue weighted by atomic mass is 10.2. The average Bonchev–Trinajstić information content (AvgIpc) is 2.80. The number of fused-ring (bicyclic) bond motifs is 1. The molecule has 0 fully saturated rings. The first-order chi connectivity index (χ1) is 12.9. The zero-order valence-electron chi connectivity index (χ0n) is 16.7. The maximum absolute atomic E-state index is 13.0. The molecule has 5 heteroatoms. The van der Waals surface area contributed by atoms with Crippen LogP contribution in [0.3, 0.4) is 0 Å². The van der Waals surface area contributed by atoms with Gasteiger partial charge in [0.15, 0.2) is 0 Å². The predicted octanol–water partition coefficient (Wildman–Crippen LogP) is 4.10. The van der Waals surface area contributed by atoms with Crippen LogP contribution in [0.2, 0.25) is 0 Å². The Hall–Kier alpha value is -1.98. The van der Waals surface area contributed by atoms with E-state index in [1.54, 1.807) is 0 Å². The Morgan fingerprint density at radius 3 is 2.52 bits per heavy atom. The highest BCUT2D eigenvalue weighted by molar-refractivity contribution is 8.00. The fraction of sp³-hybridized carbons (Fsp3) is 0.409. The summed E-state index contributed by atoms with van der Waals surface area (Å²) in [4.78, 5) is 20.4. The molecule has 0 aliphatic carbocycles. The third-order valence-electron chi connectivity index (χ3n) is 4.85. The topological polar surface area (TPSA) is 26.8 Å². The number of amides is 1. The number of thioether (sulfide) groups is 1. The minimum absolute atomic E-state index is 0.171. The Labute approximate surface area is 167 Å². The Bertz CT molecular complexity index is 775. The molecule has 4 nitrogen and oxygen atoms in total. The number of nitrogens with zero attached hydrogens (tertiary/aromatic N) is 3. The molecule has 0 saturated carbocycles. The monoisotopic (exact) mass is 383 g/mol. The Kier molecular flexibility index (Phi) is 6.45. The SMILES string of the molecule is C[C@H]1CCN(C(=O)CN(C)Cc2ccc(N(C)C)cc2)c2ccccc2S1. The average molecular weight is 384 g/mol. The van der Waals surface area contributed by atoms with Crippen LogP contribution < -0.4 is 9.80 Å². The van der Waals surface area contributed by atoms with Crippen molar-refractivity contribution in [2.45, 2.75) is 30.0 Å². The van der Waals surface area contributed by atoms with E-state index in [0.29, 0.717) is 11.8 Å². The molecule has 2 aromatic rings. The van der Waals surface area contributed by atoms with Gasteiger partial charge in [-0.2, -0.15) is 0 Å². The van der Waals surface area contributed by atoms with Gasteiger partial charge in [0.05, 0.1) is 12.2 Å². The lowest BCUT2D eigenvalue weighted by Crippen LogP contribution is -2.39. The van der Waals surface area contributed by atoms with E-state index in [1.807, 2.05) is 43.9 Å². The van der Waals surface area contributed by atoms with Crippen LogP contribution >= 0.6 is 11.8 Å². The first-order valence-corrected chi connectivity index (χ1v) is 10.3. The van der Waals surface area contributed by atoms with Gasteiger partial charge < -0.3 is 9.80 Å². The number of anilines is 2. The fourth-order valence-electron chi connectivity index (χ4n) is 3.33. The molecule has 0 N–H and O–H groups in total. The van der Waals surface area contributed by atoms with E-state index in [0.717, 1.165) is 25.2 Å². The van der Waals surface area contributed by atoms with Crippen LogP contribution in [-0.2, 0) is 11.3 Å². The summed E-state index contributed by atoms with van der Waals surface area (Å²) in [6, 6.07) is 16.8. The molecule has 0 radical (unpaired) electrons. The van der Waals surface area contributed by atoms with Crippen molar-refractivity contribution in [2.75, 3.05) is 44.0 Å². The van der Waals surface area contributed by atoms with E-state index in [2.05, 4.69) is 59.2 Å². The largest absolute Gasteiger partial charge is 0.378 e. The number of carbonyl (C=O) groups excluding carboxylic acids is 1. The van der Waals surface area contributed by atoms with Crippen LogP contribution in [0.25, 0.3) is 0 Å². The van der Waals surface area contributed by atoms with Gasteiger partial charge in [-0.15, -0.1) is 11.8 Å². The first-order valence-electron chi connectivity index (χ1n) is 9.45. The number of carbonyl (C=O) groups is 1. The van der Waals surface area contributed by atoms with Gasteiger partial charge in [-0.25, -0.2) is 0 Å². The zero-order valence-corrected chi connectivity index (χ0v) is 17.5. The van der Waals surface area contributed by atoms with Crippen molar-refractivity contribution >= 4 is 29.0 Å². The van der Waals surface area contributed by atoms with Crippen molar-refractivity contribution in [3.05, 3.63) is 54.1 Å². The van der Waals surface area contributed by atoms with Crippen molar-refractivity contribution < 1.29 is 4.79 Å². The molecule has 1 aliphatic rings. The van der Waals surface area contributed by atoms with E-state index in [4.69, 9.17) is 0 Å². The molecule has 2 aromatic carbocycles. The lowest BCUT2D eigenvalue weighted by Gasteiger charge is -2.25. The number of likely N-dealkylation sites (N-methyl/N-ethyl adjacent to an activating group) is 1. The molecule has 1 heterocycles. The molecule has 0 unspecified atom stereocenters. The molecule has 0 spiro atoms. The molecule has 1 aliphatic heterocycles. The maximum Gasteiger partial charge on any atom is 0.241 e. The summed E-state index contributed by atoms with van der Waals surface area (Å²) in [5.74, 6) is 0.171. The molecule has 3 rings (SSSR count). The van der Waals surface area contributed by atoms with Gasteiger partial charge in [0, 0.05) is 43.0 Å². The molecular weight excluding hydrogens is 354 g/mol. The maximum atomic E-state index is 13.0. The number of rotatable bonds is 5. The summed E-state index contributed by atoms with van der Waals surface area (Å²) >= 11 is 1.87. The molecule has 0 saturated heterocycles. The molecule has 1 atom stereocenters. The summed E-state index contributed by atoms with van der Waals surface area (Å²) in [5.41, 5.74) is 3.46. The van der Waals surface area contributed by atoms with Crippen molar-refractivity contribution in [3.8, 4) is 0 Å². The summed E-state index contributed by atoms with van der Waals surface area (Å²) in [6.07, 6.45) is 1.01. The smallest absolute Gasteiger partial charge is 0.241 e. The standard InChI is InChI=1S/C22H29N3OS/c1-17-13-14-25(20-7-5-6-8-21(20)27-17)22(26)16-24(4)15-18-9-11-19(12-10-18)23(2)3/h5-12,17H,13-16H2,1-4H3/t17-/m0/s1. The van der Waals surface area contributed by atoms with Crippen molar-refractivity contribution in [1.82, 2.24) is 4.90 Å². The van der Waals surface area contributed by atoms with Crippen molar-refractivity contribution in [3.63, 3.8) is 0 Å². The van der Waals surface area contributed by atoms with Gasteiger partial charge in [0.25, 0.3) is 0 Å². The molecule has 0 bridgehead atoms. The van der Waals surface area contributed by atoms with Crippen molar-refractivity contribution in [1.29, 1.82) is 0 Å². The Morgan fingerprint density at radius 2 is 1.81 bits per heavy atom. The van der Waals surface area contributed by atoms with Crippen LogP contribution in [0.1, 0.15) is 18.9 Å². The molecule has 27 heavy (non-hydrogen) atoms. The van der Waals surface area contributed by atoms with Gasteiger partial charge in [-0.05, 0) is 43.3 Å². The van der Waals surface area contributed by atoms with E-state index >= 15 is 0 Å². The van der Waals surface area contributed by atoms with Crippen LogP contribution in [0.4, 0.5) is 11.4 Å². The van der Waals surface area contributed by atoms with Crippen LogP contribution in [0.15, 0.2) is 53.4 Å². The second kappa shape index (κ2) is 8.81. The summed E-state index contributed by atoms with van der Waals surface area (Å²) < 4.78 is 0. The number of para-hydroxylation sites is 1. The fourth-order valence-corrected chi connectivity index (χ4v) is 4.44. The van der Waals surface area contributed by atoms with Gasteiger partial charge in [-0.1, -0.05) is 31.2 Å². The third-order valence-corrected chi connectivity index (χ3v) is 6.09. The normalized spacial score (nSPS) is 16.8. The summed E-state index contributed by atoms with van der Waals surface area (Å²) in [5, 5.41) is 0.525. The number of hydrogen-bond acceptors (Lipinski definition) is 4. The van der Waals surface area contributed by atoms with Crippen LogP contribution in [0.5, 0.6) is 0 Å². The second-order valence-electron chi connectivity index (χ2n) is 7.46. The molecule has 144 valence electrons. The van der Waals surface area contributed by atoms with E-state index in [1.165, 1.54) is 16.1 Å². The van der Waals surface area contributed by atoms with Crippen molar-refractivity contribution in [2.24, 2.45) is 0 Å². The van der Waals surface area contributed by atoms with E-state index in [-0.39, 0.29) is 5.91 Å². The Balaban J connectivity index is 1.66. The molecule has 0 aromatic heterocycles. The quantitative estimate of drug-likeness (QED) is 0.777. The van der Waals surface area contributed by atoms with Gasteiger partial charge >= 0.3 is 0 Å². The highest BCUT2D eigenvalue weighted by Crippen LogP contribution is 2.37. The summed E-state index contributed by atoms with van der Waals surface area (Å²) in [6.45, 7) is 4.21. The first kappa shape index (κ1) is 19.8. The van der Waals surface area contributed by atoms with Gasteiger partial charge in [0.1, 0.15) is 0 Å². The lowest BCUT2D eigenvalue weighted by molar-refractivity contribution is -0.119. The van der Waals surface area contributed by atoms with Crippen LogP contribution in [-0.4, -0.2) is 50.3 Å². The Morgan fingerprint density at radius 1 is 1.11 bits per heavy atom. The van der Waals surface area contributed by atoms with Gasteiger partial charge in [0.2, 0.25) is 5.91 Å². The highest BCUT2D eigenvalue weighted by Gasteiger charge is 2.24. The second-order valence-corrected chi connectivity index (χ2v) is 8.94. The minimum Gasteiger partial charge on any atom is -0.378 e. The van der Waals surface area contributed by atoms with E-state index in [9.17, 15) is 4.79 Å². The number of benzene rings is 2. The molecular formula is C22H29N3OS. The third kappa shape index (κ3) is 5.05. The van der Waals surface area contributed by atoms with Crippen LogP contribution in [0, 0.1) is 0 Å². The predicted molar refractivity (Wildman–Crippen MR) is 116 cm³/mol. The minimum atomic E-state index is 0.171. The van der Waals surface area contributed by atoms with E-state index < -0.39 is 0 Å². The molecule has 1 amide bonds. The summed E-state index contributed by atoms with van der Waals surface area (Å²) in [7, 11) is 6.09. The zero-order chi connectivity index (χ0) is 19.4.